The van der Waals surface area contributed by atoms with Gasteiger partial charge >= 0.3 is 0 Å². The summed E-state index contributed by atoms with van der Waals surface area (Å²) in [5.74, 6) is 3.50. The Morgan fingerprint density at radius 3 is 3.09 bits per heavy atom. The van der Waals surface area contributed by atoms with Gasteiger partial charge < -0.3 is 14.2 Å². The van der Waals surface area contributed by atoms with Gasteiger partial charge in [0.05, 0.1) is 23.4 Å². The number of fused-ring (bicyclic) bond motifs is 1. The summed E-state index contributed by atoms with van der Waals surface area (Å²) < 4.78 is 10.8. The lowest BCUT2D eigenvalue weighted by Gasteiger charge is -2.00. The molecular weight excluding hydrogens is 300 g/mol. The fourth-order valence-electron chi connectivity index (χ4n) is 2.25. The molecule has 1 saturated carbocycles. The molecule has 6 nitrogen and oxygen atoms in total. The van der Waals surface area contributed by atoms with Gasteiger partial charge in [0.1, 0.15) is 5.75 Å². The highest BCUT2D eigenvalue weighted by atomic mass is 32.2. The summed E-state index contributed by atoms with van der Waals surface area (Å²) in [7, 11) is 0. The molecule has 0 spiro atoms. The van der Waals surface area contributed by atoms with Crippen LogP contribution in [0.4, 0.5) is 0 Å². The maximum Gasteiger partial charge on any atom is 0.229 e. The molecule has 1 aromatic carbocycles. The van der Waals surface area contributed by atoms with E-state index in [0.717, 1.165) is 33.7 Å². The number of aromatic amines is 1. The standard InChI is InChI=1S/C15H16N4O2S/c1-2-20-10-5-6-11-12(7-10)17-15(16-11)22-8-13-18-14(21-19-13)9-3-4-9/h5-7,9H,2-4,8H2,1H3,(H,16,17). The zero-order valence-corrected chi connectivity index (χ0v) is 13.0. The number of imidazole rings is 1. The molecule has 4 rings (SSSR count). The number of benzene rings is 1. The van der Waals surface area contributed by atoms with Crippen molar-refractivity contribution in [2.45, 2.75) is 36.6 Å². The Bertz CT molecular complexity index is 794. The normalized spacial score (nSPS) is 14.6. The lowest BCUT2D eigenvalue weighted by molar-refractivity contribution is 0.340. The first-order valence-electron chi connectivity index (χ1n) is 7.39. The van der Waals surface area contributed by atoms with E-state index in [9.17, 15) is 0 Å². The average Bonchev–Trinajstić information content (AvgIpc) is 3.12. The number of ether oxygens (including phenoxy) is 1. The van der Waals surface area contributed by atoms with E-state index >= 15 is 0 Å². The van der Waals surface area contributed by atoms with Crippen LogP contribution in [0.2, 0.25) is 0 Å². The summed E-state index contributed by atoms with van der Waals surface area (Å²) in [6.45, 7) is 2.63. The van der Waals surface area contributed by atoms with Gasteiger partial charge in [-0.05, 0) is 31.9 Å². The van der Waals surface area contributed by atoms with Crippen molar-refractivity contribution in [1.82, 2.24) is 20.1 Å². The zero-order valence-electron chi connectivity index (χ0n) is 12.2. The van der Waals surface area contributed by atoms with Gasteiger partial charge in [0, 0.05) is 12.0 Å². The predicted molar refractivity (Wildman–Crippen MR) is 83.1 cm³/mol. The molecule has 2 aromatic heterocycles. The van der Waals surface area contributed by atoms with E-state index in [2.05, 4.69) is 20.1 Å². The number of nitrogens with zero attached hydrogens (tertiary/aromatic N) is 3. The molecule has 1 N–H and O–H groups in total. The number of hydrogen-bond donors (Lipinski definition) is 1. The minimum absolute atomic E-state index is 0.495. The average molecular weight is 316 g/mol. The highest BCUT2D eigenvalue weighted by molar-refractivity contribution is 7.98. The molecule has 22 heavy (non-hydrogen) atoms. The third-order valence-corrected chi connectivity index (χ3v) is 4.36. The molecule has 0 saturated heterocycles. The number of nitrogens with one attached hydrogen (secondary N) is 1. The topological polar surface area (TPSA) is 76.8 Å². The Kier molecular flexibility index (Phi) is 3.49. The van der Waals surface area contributed by atoms with Crippen LogP contribution in [0.25, 0.3) is 11.0 Å². The number of aromatic nitrogens is 4. The number of rotatable bonds is 6. The van der Waals surface area contributed by atoms with Crippen molar-refractivity contribution < 1.29 is 9.26 Å². The summed E-state index contributed by atoms with van der Waals surface area (Å²) >= 11 is 1.57. The lowest BCUT2D eigenvalue weighted by atomic mass is 10.3. The first-order chi connectivity index (χ1) is 10.8. The van der Waals surface area contributed by atoms with Crippen LogP contribution in [-0.2, 0) is 5.75 Å². The van der Waals surface area contributed by atoms with Crippen molar-refractivity contribution in [2.24, 2.45) is 0 Å². The van der Waals surface area contributed by atoms with Crippen molar-refractivity contribution in [3.63, 3.8) is 0 Å². The molecule has 1 aliphatic rings. The first kappa shape index (κ1) is 13.6. The third kappa shape index (κ3) is 2.81. The molecule has 1 fully saturated rings. The van der Waals surface area contributed by atoms with Crippen molar-refractivity contribution in [1.29, 1.82) is 0 Å². The lowest BCUT2D eigenvalue weighted by Crippen LogP contribution is -1.90. The summed E-state index contributed by atoms with van der Waals surface area (Å²) in [4.78, 5) is 12.3. The minimum atomic E-state index is 0.495. The molecule has 3 aromatic rings. The van der Waals surface area contributed by atoms with Crippen LogP contribution in [0.3, 0.4) is 0 Å². The second kappa shape index (κ2) is 5.64. The Labute approximate surface area is 131 Å². The molecule has 0 atom stereocenters. The maximum absolute atomic E-state index is 5.50. The van der Waals surface area contributed by atoms with Gasteiger partial charge in [-0.15, -0.1) is 0 Å². The number of hydrogen-bond acceptors (Lipinski definition) is 6. The van der Waals surface area contributed by atoms with E-state index in [1.165, 1.54) is 12.8 Å². The Hall–Kier alpha value is -2.02. The zero-order chi connectivity index (χ0) is 14.9. The largest absolute Gasteiger partial charge is 0.494 e. The van der Waals surface area contributed by atoms with E-state index in [0.29, 0.717) is 18.3 Å². The fourth-order valence-corrected chi connectivity index (χ4v) is 2.97. The van der Waals surface area contributed by atoms with Crippen LogP contribution >= 0.6 is 11.8 Å². The van der Waals surface area contributed by atoms with Crippen molar-refractivity contribution in [3.05, 3.63) is 29.9 Å². The summed E-state index contributed by atoms with van der Waals surface area (Å²) in [6.07, 6.45) is 2.33. The molecule has 2 heterocycles. The molecule has 114 valence electrons. The van der Waals surface area contributed by atoms with E-state index < -0.39 is 0 Å². The highest BCUT2D eigenvalue weighted by Crippen LogP contribution is 2.39. The van der Waals surface area contributed by atoms with E-state index in [4.69, 9.17) is 9.26 Å². The van der Waals surface area contributed by atoms with Crippen LogP contribution in [0.15, 0.2) is 27.9 Å². The first-order valence-corrected chi connectivity index (χ1v) is 8.38. The van der Waals surface area contributed by atoms with Crippen molar-refractivity contribution in [3.8, 4) is 5.75 Å². The van der Waals surface area contributed by atoms with Gasteiger partial charge in [-0.25, -0.2) is 4.98 Å². The predicted octanol–water partition coefficient (Wildman–Crippen LogP) is 3.51. The quantitative estimate of drug-likeness (QED) is 0.701. The van der Waals surface area contributed by atoms with E-state index in [1.807, 2.05) is 25.1 Å². The molecule has 7 heteroatoms. The van der Waals surface area contributed by atoms with Crippen LogP contribution in [0.5, 0.6) is 5.75 Å². The SMILES string of the molecule is CCOc1ccc2nc(SCc3noc(C4CC4)n3)[nH]c2c1. The van der Waals surface area contributed by atoms with Gasteiger partial charge in [-0.3, -0.25) is 0 Å². The van der Waals surface area contributed by atoms with Crippen LogP contribution in [0.1, 0.15) is 37.4 Å². The van der Waals surface area contributed by atoms with Gasteiger partial charge in [-0.2, -0.15) is 4.98 Å². The fraction of sp³-hybridized carbons (Fsp3) is 0.400. The molecule has 0 radical (unpaired) electrons. The molecule has 0 aliphatic heterocycles. The Balaban J connectivity index is 1.46. The summed E-state index contributed by atoms with van der Waals surface area (Å²) in [5, 5.41) is 4.86. The summed E-state index contributed by atoms with van der Waals surface area (Å²) in [5.41, 5.74) is 1.90. The highest BCUT2D eigenvalue weighted by Gasteiger charge is 2.29. The second-order valence-electron chi connectivity index (χ2n) is 5.27. The number of H-pyrrole nitrogens is 1. The van der Waals surface area contributed by atoms with E-state index in [1.54, 1.807) is 11.8 Å². The van der Waals surface area contributed by atoms with Gasteiger partial charge in [0.25, 0.3) is 0 Å². The monoisotopic (exact) mass is 316 g/mol. The molecular formula is C15H16N4O2S. The third-order valence-electron chi connectivity index (χ3n) is 3.49. The number of thioether (sulfide) groups is 1. The Morgan fingerprint density at radius 1 is 1.36 bits per heavy atom. The summed E-state index contributed by atoms with van der Waals surface area (Å²) in [6, 6.07) is 5.86. The Morgan fingerprint density at radius 2 is 2.27 bits per heavy atom. The van der Waals surface area contributed by atoms with Crippen molar-refractivity contribution in [2.75, 3.05) is 6.61 Å². The molecule has 0 bridgehead atoms. The molecule has 0 unspecified atom stereocenters. The second-order valence-corrected chi connectivity index (χ2v) is 6.23. The van der Waals surface area contributed by atoms with Crippen LogP contribution < -0.4 is 4.74 Å². The van der Waals surface area contributed by atoms with Crippen LogP contribution in [0, 0.1) is 0 Å². The molecule has 0 amide bonds. The van der Waals surface area contributed by atoms with E-state index in [-0.39, 0.29) is 0 Å². The van der Waals surface area contributed by atoms with Crippen LogP contribution in [-0.4, -0.2) is 26.7 Å². The maximum atomic E-state index is 5.50. The van der Waals surface area contributed by atoms with Crippen molar-refractivity contribution >= 4 is 22.8 Å². The molecule has 1 aliphatic carbocycles. The van der Waals surface area contributed by atoms with Gasteiger partial charge in [0.15, 0.2) is 11.0 Å². The smallest absolute Gasteiger partial charge is 0.229 e. The minimum Gasteiger partial charge on any atom is -0.494 e. The van der Waals surface area contributed by atoms with Gasteiger partial charge in [0.2, 0.25) is 5.89 Å². The van der Waals surface area contributed by atoms with Gasteiger partial charge in [-0.1, -0.05) is 16.9 Å².